The van der Waals surface area contributed by atoms with Crippen LogP contribution >= 0.6 is 11.6 Å². The highest BCUT2D eigenvalue weighted by atomic mass is 35.5. The minimum atomic E-state index is -0.349. The van der Waals surface area contributed by atoms with Gasteiger partial charge in [-0.2, -0.15) is 5.10 Å². The molecule has 0 saturated heterocycles. The number of nitrogens with zero attached hydrogens (tertiary/aromatic N) is 4. The Balaban J connectivity index is 0.00000133. The van der Waals surface area contributed by atoms with Crippen molar-refractivity contribution in [2.45, 2.75) is 25.8 Å². The Morgan fingerprint density at radius 2 is 1.88 bits per heavy atom. The van der Waals surface area contributed by atoms with Crippen LogP contribution in [-0.2, 0) is 24.1 Å². The summed E-state index contributed by atoms with van der Waals surface area (Å²) in [5.74, 6) is 0.626. The van der Waals surface area contributed by atoms with Crippen molar-refractivity contribution in [3.63, 3.8) is 0 Å². The first-order valence-electron chi connectivity index (χ1n) is 10.9. The molecule has 0 saturated carbocycles. The van der Waals surface area contributed by atoms with Crippen molar-refractivity contribution in [1.82, 2.24) is 19.7 Å². The molecule has 0 spiro atoms. The summed E-state index contributed by atoms with van der Waals surface area (Å²) in [4.78, 5) is 9.28. The number of aryl methyl sites for hydroxylation is 1. The maximum atomic E-state index is 14.8. The molecule has 1 aliphatic rings. The molecule has 178 valence electrons. The second kappa shape index (κ2) is 10.9. The third kappa shape index (κ3) is 4.88. The maximum absolute atomic E-state index is 14.8. The van der Waals surface area contributed by atoms with E-state index < -0.39 is 0 Å². The third-order valence-corrected chi connectivity index (χ3v) is 5.97. The number of halogens is 3. The predicted octanol–water partition coefficient (Wildman–Crippen LogP) is 5.43. The Labute approximate surface area is 201 Å². The Morgan fingerprint density at radius 1 is 1.06 bits per heavy atom. The topological polar surface area (TPSA) is 62.1 Å². The SMILES string of the molecule is CF.COCCOc1ccc(Cn2nc(-c3nc(Cl)c4c(n3)CCC4)c3ccccc32)c(F)c1. The second-order valence-electron chi connectivity index (χ2n) is 7.73. The highest BCUT2D eigenvalue weighted by Gasteiger charge is 2.22. The van der Waals surface area contributed by atoms with Gasteiger partial charge in [0.25, 0.3) is 0 Å². The van der Waals surface area contributed by atoms with Gasteiger partial charge in [0.1, 0.15) is 29.0 Å². The summed E-state index contributed by atoms with van der Waals surface area (Å²) >= 11 is 6.44. The number of para-hydroxylation sites is 1. The lowest BCUT2D eigenvalue weighted by atomic mass is 10.1. The number of methoxy groups -OCH3 is 1. The number of alkyl halides is 1. The van der Waals surface area contributed by atoms with Crippen molar-refractivity contribution in [3.05, 3.63) is 70.3 Å². The van der Waals surface area contributed by atoms with Gasteiger partial charge in [0, 0.05) is 35.4 Å². The average Bonchev–Trinajstić information content (AvgIpc) is 3.48. The summed E-state index contributed by atoms with van der Waals surface area (Å²) in [5, 5.41) is 6.16. The summed E-state index contributed by atoms with van der Waals surface area (Å²) in [7, 11) is 2.09. The minimum Gasteiger partial charge on any atom is -0.491 e. The molecule has 6 nitrogen and oxygen atoms in total. The smallest absolute Gasteiger partial charge is 0.182 e. The van der Waals surface area contributed by atoms with E-state index in [1.165, 1.54) is 6.07 Å². The Kier molecular flexibility index (Phi) is 7.70. The van der Waals surface area contributed by atoms with Crippen molar-refractivity contribution >= 4 is 22.5 Å². The molecule has 5 rings (SSSR count). The monoisotopic (exact) mass is 486 g/mol. The van der Waals surface area contributed by atoms with E-state index in [2.05, 4.69) is 4.98 Å². The fourth-order valence-corrected chi connectivity index (χ4v) is 4.34. The average molecular weight is 487 g/mol. The van der Waals surface area contributed by atoms with E-state index in [-0.39, 0.29) is 12.4 Å². The molecule has 2 aromatic heterocycles. The first kappa shape index (κ1) is 24.0. The molecule has 0 radical (unpaired) electrons. The zero-order valence-electron chi connectivity index (χ0n) is 19.0. The number of ether oxygens (including phenoxy) is 2. The van der Waals surface area contributed by atoms with Crippen LogP contribution in [0.5, 0.6) is 5.75 Å². The number of aromatic nitrogens is 4. The number of fused-ring (bicyclic) bond motifs is 2. The lowest BCUT2D eigenvalue weighted by molar-refractivity contribution is 0.146. The number of rotatable bonds is 7. The molecule has 4 aromatic rings. The Bertz CT molecular complexity index is 1300. The summed E-state index contributed by atoms with van der Waals surface area (Å²) in [5.41, 5.74) is 4.07. The van der Waals surface area contributed by atoms with Gasteiger partial charge in [0.2, 0.25) is 0 Å². The lowest BCUT2D eigenvalue weighted by Gasteiger charge is -2.09. The van der Waals surface area contributed by atoms with E-state index in [1.807, 2.05) is 24.3 Å². The molecule has 0 fully saturated rings. The molecule has 34 heavy (non-hydrogen) atoms. The molecule has 0 amide bonds. The highest BCUT2D eigenvalue weighted by molar-refractivity contribution is 6.30. The van der Waals surface area contributed by atoms with Gasteiger partial charge in [-0.25, -0.2) is 14.4 Å². The third-order valence-electron chi connectivity index (χ3n) is 5.65. The molecule has 0 aliphatic heterocycles. The van der Waals surface area contributed by atoms with Gasteiger partial charge in [0.05, 0.1) is 25.8 Å². The molecule has 0 bridgehead atoms. The van der Waals surface area contributed by atoms with Crippen molar-refractivity contribution in [2.24, 2.45) is 0 Å². The van der Waals surface area contributed by atoms with Crippen molar-refractivity contribution in [3.8, 4) is 17.3 Å². The molecule has 2 aromatic carbocycles. The standard InChI is InChI=1S/C24H22ClFN4O2.CH3F/c1-31-11-12-32-16-10-9-15(19(26)13-16)14-30-21-8-3-2-5-18(21)22(29-30)24-27-20-7-4-6-17(20)23(25)28-24;1-2/h2-3,5,8-10,13H,4,6-7,11-12,14H2,1H3;1H3. The molecule has 1 aliphatic carbocycles. The van der Waals surface area contributed by atoms with Gasteiger partial charge in [-0.15, -0.1) is 0 Å². The van der Waals surface area contributed by atoms with E-state index >= 15 is 0 Å². The van der Waals surface area contributed by atoms with Gasteiger partial charge < -0.3 is 9.47 Å². The van der Waals surface area contributed by atoms with Crippen LogP contribution in [0.3, 0.4) is 0 Å². The van der Waals surface area contributed by atoms with Crippen molar-refractivity contribution < 1.29 is 18.3 Å². The fourth-order valence-electron chi connectivity index (χ4n) is 4.06. The van der Waals surface area contributed by atoms with E-state index in [9.17, 15) is 8.78 Å². The van der Waals surface area contributed by atoms with Crippen LogP contribution in [0.1, 0.15) is 23.2 Å². The van der Waals surface area contributed by atoms with Crippen LogP contribution in [0.2, 0.25) is 5.15 Å². The van der Waals surface area contributed by atoms with Gasteiger partial charge in [-0.3, -0.25) is 9.07 Å². The van der Waals surface area contributed by atoms with Gasteiger partial charge in [-0.05, 0) is 31.4 Å². The molecule has 0 atom stereocenters. The van der Waals surface area contributed by atoms with Gasteiger partial charge >= 0.3 is 0 Å². The van der Waals surface area contributed by atoms with Crippen LogP contribution in [0, 0.1) is 5.82 Å². The summed E-state index contributed by atoms with van der Waals surface area (Å²) in [6, 6.07) is 12.7. The van der Waals surface area contributed by atoms with Crippen LogP contribution in [0.4, 0.5) is 8.78 Å². The second-order valence-corrected chi connectivity index (χ2v) is 8.09. The van der Waals surface area contributed by atoms with Gasteiger partial charge in [0.15, 0.2) is 5.82 Å². The first-order chi connectivity index (χ1) is 16.6. The number of hydrogen-bond acceptors (Lipinski definition) is 5. The maximum Gasteiger partial charge on any atom is 0.182 e. The molecule has 0 unspecified atom stereocenters. The van der Waals surface area contributed by atoms with Crippen LogP contribution in [0.15, 0.2) is 42.5 Å². The predicted molar refractivity (Wildman–Crippen MR) is 128 cm³/mol. The van der Waals surface area contributed by atoms with E-state index in [1.54, 1.807) is 23.9 Å². The van der Waals surface area contributed by atoms with Gasteiger partial charge in [-0.1, -0.05) is 35.9 Å². The Hall–Kier alpha value is -3.10. The molecule has 2 heterocycles. The molecular formula is C25H25ClF2N4O2. The van der Waals surface area contributed by atoms with Crippen molar-refractivity contribution in [2.75, 3.05) is 27.5 Å². The molecule has 9 heteroatoms. The van der Waals surface area contributed by atoms with E-state index in [0.717, 1.165) is 41.4 Å². The number of benzene rings is 2. The normalized spacial score (nSPS) is 12.4. The van der Waals surface area contributed by atoms with Crippen LogP contribution < -0.4 is 4.74 Å². The summed E-state index contributed by atoms with van der Waals surface area (Å²) in [6.45, 7) is 1.08. The lowest BCUT2D eigenvalue weighted by Crippen LogP contribution is -2.07. The largest absolute Gasteiger partial charge is 0.491 e. The highest BCUT2D eigenvalue weighted by Crippen LogP contribution is 2.32. The first-order valence-corrected chi connectivity index (χ1v) is 11.3. The van der Waals surface area contributed by atoms with Crippen LogP contribution in [-0.4, -0.2) is 47.2 Å². The fraction of sp³-hybridized carbons (Fsp3) is 0.320. The molecular weight excluding hydrogens is 462 g/mol. The minimum absolute atomic E-state index is 0.267. The zero-order valence-corrected chi connectivity index (χ0v) is 19.8. The Morgan fingerprint density at radius 3 is 2.68 bits per heavy atom. The van der Waals surface area contributed by atoms with Crippen LogP contribution in [0.25, 0.3) is 22.4 Å². The zero-order chi connectivity index (χ0) is 24.1. The van der Waals surface area contributed by atoms with E-state index in [4.69, 9.17) is 31.2 Å². The molecule has 0 N–H and O–H groups in total. The van der Waals surface area contributed by atoms with E-state index in [0.29, 0.717) is 48.4 Å². The summed E-state index contributed by atoms with van der Waals surface area (Å²) in [6.07, 6.45) is 2.84. The number of hydrogen-bond donors (Lipinski definition) is 0. The quantitative estimate of drug-likeness (QED) is 0.257. The van der Waals surface area contributed by atoms with Crippen molar-refractivity contribution in [1.29, 1.82) is 0 Å². The summed E-state index contributed by atoms with van der Waals surface area (Å²) < 4.78 is 36.5.